The smallest absolute Gasteiger partial charge is 0.412 e. The number of hydrogen-bond acceptors (Lipinski definition) is 5. The molecule has 1 N–H and O–H groups in total. The van der Waals surface area contributed by atoms with Crippen molar-refractivity contribution >= 4 is 18.1 Å². The van der Waals surface area contributed by atoms with Crippen molar-refractivity contribution in [3.63, 3.8) is 0 Å². The molecule has 0 bridgehead atoms. The van der Waals surface area contributed by atoms with E-state index in [-0.39, 0.29) is 0 Å². The second-order valence-electron chi connectivity index (χ2n) is 5.05. The lowest BCUT2D eigenvalue weighted by Gasteiger charge is -2.21. The minimum Gasteiger partial charge on any atom is -0.493 e. The number of carbonyl (C=O) groups is 2. The Morgan fingerprint density at radius 1 is 1.20 bits per heavy atom. The summed E-state index contributed by atoms with van der Waals surface area (Å²) in [7, 11) is 2.89. The van der Waals surface area contributed by atoms with Crippen LogP contribution in [0.5, 0.6) is 11.5 Å². The third-order valence-corrected chi connectivity index (χ3v) is 2.27. The molecule has 0 atom stereocenters. The van der Waals surface area contributed by atoms with Gasteiger partial charge in [-0.05, 0) is 32.9 Å². The monoisotopic (exact) mass is 281 g/mol. The molecule has 1 aromatic rings. The summed E-state index contributed by atoms with van der Waals surface area (Å²) in [6.45, 7) is 5.27. The van der Waals surface area contributed by atoms with Gasteiger partial charge in [0, 0.05) is 5.56 Å². The molecule has 1 amide bonds. The number of benzene rings is 1. The number of methoxy groups -OCH3 is 2. The van der Waals surface area contributed by atoms with Gasteiger partial charge in [0.15, 0.2) is 11.5 Å². The molecule has 20 heavy (non-hydrogen) atoms. The predicted molar refractivity (Wildman–Crippen MR) is 74.8 cm³/mol. The van der Waals surface area contributed by atoms with E-state index < -0.39 is 11.7 Å². The molecule has 6 heteroatoms. The van der Waals surface area contributed by atoms with E-state index in [9.17, 15) is 9.59 Å². The van der Waals surface area contributed by atoms with Gasteiger partial charge in [-0.15, -0.1) is 0 Å². The molecule has 0 heterocycles. The summed E-state index contributed by atoms with van der Waals surface area (Å²) in [6, 6.07) is 3.00. The lowest BCUT2D eigenvalue weighted by Crippen LogP contribution is -2.27. The average molecular weight is 281 g/mol. The van der Waals surface area contributed by atoms with Crippen LogP contribution in [0.3, 0.4) is 0 Å². The zero-order valence-electron chi connectivity index (χ0n) is 12.3. The minimum atomic E-state index is -0.638. The summed E-state index contributed by atoms with van der Waals surface area (Å²) >= 11 is 0. The van der Waals surface area contributed by atoms with Gasteiger partial charge in [-0.25, -0.2) is 4.79 Å². The zero-order valence-corrected chi connectivity index (χ0v) is 12.3. The van der Waals surface area contributed by atoms with Crippen LogP contribution in [0.4, 0.5) is 10.5 Å². The minimum absolute atomic E-state index is 0.309. The maximum Gasteiger partial charge on any atom is 0.412 e. The first-order valence-corrected chi connectivity index (χ1v) is 6.02. The van der Waals surface area contributed by atoms with E-state index in [4.69, 9.17) is 14.2 Å². The highest BCUT2D eigenvalue weighted by Gasteiger charge is 2.19. The zero-order chi connectivity index (χ0) is 15.3. The first kappa shape index (κ1) is 15.8. The van der Waals surface area contributed by atoms with Crippen molar-refractivity contribution in [2.24, 2.45) is 0 Å². The highest BCUT2D eigenvalue weighted by molar-refractivity contribution is 5.90. The van der Waals surface area contributed by atoms with E-state index in [1.165, 1.54) is 26.4 Å². The molecule has 1 rings (SSSR count). The van der Waals surface area contributed by atoms with Crippen molar-refractivity contribution in [3.8, 4) is 11.5 Å². The lowest BCUT2D eigenvalue weighted by atomic mass is 10.2. The number of carbonyl (C=O) groups excluding carboxylic acids is 2. The number of hydrogen-bond donors (Lipinski definition) is 1. The van der Waals surface area contributed by atoms with Crippen LogP contribution < -0.4 is 14.8 Å². The van der Waals surface area contributed by atoms with Crippen molar-refractivity contribution in [2.75, 3.05) is 19.5 Å². The van der Waals surface area contributed by atoms with Gasteiger partial charge >= 0.3 is 6.09 Å². The van der Waals surface area contributed by atoms with Gasteiger partial charge in [-0.3, -0.25) is 10.1 Å². The Morgan fingerprint density at radius 3 is 2.30 bits per heavy atom. The predicted octanol–water partition coefficient (Wildman–Crippen LogP) is 2.86. The van der Waals surface area contributed by atoms with Crippen LogP contribution in [0.2, 0.25) is 0 Å². The molecule has 0 saturated heterocycles. The second-order valence-corrected chi connectivity index (χ2v) is 5.05. The molecule has 0 radical (unpaired) electrons. The Morgan fingerprint density at radius 2 is 1.85 bits per heavy atom. The molecule has 0 aliphatic carbocycles. The van der Waals surface area contributed by atoms with E-state index in [0.29, 0.717) is 29.0 Å². The van der Waals surface area contributed by atoms with Gasteiger partial charge in [0.2, 0.25) is 0 Å². The Bertz CT molecular complexity index is 505. The van der Waals surface area contributed by atoms with Crippen molar-refractivity contribution in [1.82, 2.24) is 0 Å². The molecule has 0 spiro atoms. The van der Waals surface area contributed by atoms with Crippen molar-refractivity contribution in [3.05, 3.63) is 17.7 Å². The van der Waals surface area contributed by atoms with Crippen LogP contribution in [0.25, 0.3) is 0 Å². The highest BCUT2D eigenvalue weighted by Crippen LogP contribution is 2.36. The molecule has 0 aromatic heterocycles. The van der Waals surface area contributed by atoms with Crippen LogP contribution in [-0.2, 0) is 4.74 Å². The molecule has 0 fully saturated rings. The van der Waals surface area contributed by atoms with Crippen LogP contribution in [0, 0.1) is 0 Å². The Kier molecular flexibility index (Phi) is 4.96. The molecule has 0 aliphatic heterocycles. The number of rotatable bonds is 4. The van der Waals surface area contributed by atoms with E-state index in [0.717, 1.165) is 0 Å². The number of ether oxygens (including phenoxy) is 3. The molecular weight excluding hydrogens is 262 g/mol. The molecule has 1 aromatic carbocycles. The van der Waals surface area contributed by atoms with Crippen molar-refractivity contribution in [2.45, 2.75) is 26.4 Å². The first-order valence-electron chi connectivity index (χ1n) is 6.02. The number of nitrogens with one attached hydrogen (secondary N) is 1. The van der Waals surface area contributed by atoms with Gasteiger partial charge in [-0.1, -0.05) is 0 Å². The van der Waals surface area contributed by atoms with E-state index in [1.54, 1.807) is 20.8 Å². The molecule has 0 saturated carbocycles. The fourth-order valence-corrected chi connectivity index (χ4v) is 1.56. The number of anilines is 1. The van der Waals surface area contributed by atoms with Crippen LogP contribution in [-0.4, -0.2) is 32.2 Å². The van der Waals surface area contributed by atoms with Crippen LogP contribution >= 0.6 is 0 Å². The Balaban J connectivity index is 3.09. The van der Waals surface area contributed by atoms with E-state index in [1.807, 2.05) is 0 Å². The topological polar surface area (TPSA) is 73.9 Å². The molecule has 0 unspecified atom stereocenters. The van der Waals surface area contributed by atoms with Crippen molar-refractivity contribution in [1.29, 1.82) is 0 Å². The summed E-state index contributed by atoms with van der Waals surface area (Å²) in [5.41, 5.74) is 0.0424. The number of aldehydes is 1. The van der Waals surface area contributed by atoms with E-state index in [2.05, 4.69) is 5.32 Å². The fraction of sp³-hybridized carbons (Fsp3) is 0.429. The third kappa shape index (κ3) is 4.15. The Hall–Kier alpha value is -2.24. The second kappa shape index (κ2) is 6.27. The van der Waals surface area contributed by atoms with Crippen molar-refractivity contribution < 1.29 is 23.8 Å². The molecule has 110 valence electrons. The molecule has 6 nitrogen and oxygen atoms in total. The van der Waals surface area contributed by atoms with Gasteiger partial charge in [0.1, 0.15) is 11.9 Å². The lowest BCUT2D eigenvalue weighted by molar-refractivity contribution is 0.0635. The van der Waals surface area contributed by atoms with Gasteiger partial charge in [-0.2, -0.15) is 0 Å². The van der Waals surface area contributed by atoms with Crippen LogP contribution in [0.15, 0.2) is 12.1 Å². The van der Waals surface area contributed by atoms with Gasteiger partial charge in [0.25, 0.3) is 0 Å². The summed E-state index contributed by atoms with van der Waals surface area (Å²) in [5.74, 6) is 0.673. The SMILES string of the molecule is COc1cc(C=O)cc(NC(=O)OC(C)(C)C)c1OC. The summed E-state index contributed by atoms with van der Waals surface area (Å²) < 4.78 is 15.5. The standard InChI is InChI=1S/C14H19NO5/c1-14(2,3)20-13(17)15-10-6-9(8-16)7-11(18-4)12(10)19-5/h6-8H,1-5H3,(H,15,17). The van der Waals surface area contributed by atoms with Crippen LogP contribution in [0.1, 0.15) is 31.1 Å². The summed E-state index contributed by atoms with van der Waals surface area (Å²) in [5, 5.41) is 2.54. The maximum absolute atomic E-state index is 11.8. The highest BCUT2D eigenvalue weighted by atomic mass is 16.6. The van der Waals surface area contributed by atoms with Gasteiger partial charge in [0.05, 0.1) is 19.9 Å². The molecular formula is C14H19NO5. The fourth-order valence-electron chi connectivity index (χ4n) is 1.56. The third-order valence-electron chi connectivity index (χ3n) is 2.27. The quantitative estimate of drug-likeness (QED) is 0.859. The largest absolute Gasteiger partial charge is 0.493 e. The maximum atomic E-state index is 11.8. The first-order chi connectivity index (χ1) is 9.30. The average Bonchev–Trinajstić information content (AvgIpc) is 2.35. The Labute approximate surface area is 118 Å². The van der Waals surface area contributed by atoms with E-state index >= 15 is 0 Å². The number of amides is 1. The summed E-state index contributed by atoms with van der Waals surface area (Å²) in [4.78, 5) is 22.7. The van der Waals surface area contributed by atoms with Gasteiger partial charge < -0.3 is 14.2 Å². The molecule has 0 aliphatic rings. The summed E-state index contributed by atoms with van der Waals surface area (Å²) in [6.07, 6.45) is 0.0169. The normalized spacial score (nSPS) is 10.7.